The van der Waals surface area contributed by atoms with Crippen LogP contribution in [-0.4, -0.2) is 41.4 Å². The van der Waals surface area contributed by atoms with Crippen LogP contribution in [0.5, 0.6) is 0 Å². The Morgan fingerprint density at radius 1 is 1.36 bits per heavy atom. The maximum absolute atomic E-state index is 13.8. The van der Waals surface area contributed by atoms with E-state index in [1.54, 1.807) is 4.90 Å². The molecule has 0 aromatic heterocycles. The summed E-state index contributed by atoms with van der Waals surface area (Å²) in [6.45, 7) is 2.50. The van der Waals surface area contributed by atoms with Crippen LogP contribution in [0.15, 0.2) is 18.2 Å². The van der Waals surface area contributed by atoms with Crippen LogP contribution in [0, 0.1) is 5.82 Å². The van der Waals surface area contributed by atoms with E-state index in [2.05, 4.69) is 5.32 Å². The average Bonchev–Trinajstić information content (AvgIpc) is 2.91. The van der Waals surface area contributed by atoms with Crippen molar-refractivity contribution in [1.29, 1.82) is 0 Å². The predicted octanol–water partition coefficient (Wildman–Crippen LogP) is 3.02. The molecule has 0 bridgehead atoms. The van der Waals surface area contributed by atoms with Gasteiger partial charge in [-0.3, -0.25) is 9.59 Å². The smallest absolute Gasteiger partial charge is 0.370 e. The highest BCUT2D eigenvalue weighted by Gasteiger charge is 2.36. The monoisotopic (exact) mass is 402 g/mol. The molecule has 0 aliphatic carbocycles. The van der Waals surface area contributed by atoms with E-state index in [0.717, 1.165) is 12.1 Å². The van der Waals surface area contributed by atoms with Gasteiger partial charge in [0.15, 0.2) is 0 Å². The van der Waals surface area contributed by atoms with Gasteiger partial charge in [0.1, 0.15) is 5.82 Å². The van der Waals surface area contributed by atoms with Gasteiger partial charge in [-0.05, 0) is 31.9 Å². The normalized spacial score (nSPS) is 22.9. The number of alkyl halides is 3. The Labute approximate surface area is 160 Å². The van der Waals surface area contributed by atoms with Crippen LogP contribution >= 0.6 is 0 Å². The molecule has 1 atom stereocenters. The van der Waals surface area contributed by atoms with Crippen molar-refractivity contribution in [1.82, 2.24) is 10.2 Å². The van der Waals surface area contributed by atoms with Crippen molar-refractivity contribution < 1.29 is 31.9 Å². The number of nitrogens with one attached hydrogen (secondary N) is 1. The molecular weight excluding hydrogens is 380 g/mol. The van der Waals surface area contributed by atoms with Crippen LogP contribution in [-0.2, 0) is 27.1 Å². The van der Waals surface area contributed by atoms with Gasteiger partial charge >= 0.3 is 6.18 Å². The molecule has 2 saturated heterocycles. The second-order valence-electron chi connectivity index (χ2n) is 7.64. The highest BCUT2D eigenvalue weighted by Crippen LogP contribution is 2.30. The number of nitrogens with zero attached hydrogens (tertiary/aromatic N) is 1. The van der Waals surface area contributed by atoms with Crippen molar-refractivity contribution in [2.45, 2.75) is 57.0 Å². The van der Waals surface area contributed by atoms with E-state index in [1.807, 2.05) is 6.92 Å². The number of carbonyl (C=O) groups excluding carboxylic acids is 2. The van der Waals surface area contributed by atoms with E-state index < -0.39 is 17.6 Å². The van der Waals surface area contributed by atoms with Crippen molar-refractivity contribution in [3.63, 3.8) is 0 Å². The quantitative estimate of drug-likeness (QED) is 0.745. The molecule has 3 rings (SSSR count). The lowest BCUT2D eigenvalue weighted by atomic mass is 9.93. The summed E-state index contributed by atoms with van der Waals surface area (Å²) >= 11 is 0. The topological polar surface area (TPSA) is 58.6 Å². The van der Waals surface area contributed by atoms with Crippen molar-refractivity contribution in [3.8, 4) is 0 Å². The Morgan fingerprint density at radius 2 is 2.07 bits per heavy atom. The molecule has 2 amide bonds. The van der Waals surface area contributed by atoms with Gasteiger partial charge in [0.05, 0.1) is 18.3 Å². The Hall–Kier alpha value is -2.16. The fourth-order valence-electron chi connectivity index (χ4n) is 3.37. The Bertz CT molecular complexity index is 762. The molecule has 1 unspecified atom stereocenters. The summed E-state index contributed by atoms with van der Waals surface area (Å²) in [5.41, 5.74) is -1.34. The highest BCUT2D eigenvalue weighted by molar-refractivity contribution is 5.80. The first-order valence-corrected chi connectivity index (χ1v) is 9.12. The number of halogens is 4. The standard InChI is InChI=1S/C19H22F4N2O3/c1-18(6-4-16(26)24-18)7-5-17(27)25-9-14(10-25)28-11-12-2-3-13(8-15(12)20)19(21,22)23/h2-3,8,14H,4-7,9-11H2,1H3,(H,24,26). The summed E-state index contributed by atoms with van der Waals surface area (Å²) in [6, 6.07) is 2.34. The molecule has 2 aliphatic heterocycles. The van der Waals surface area contributed by atoms with Gasteiger partial charge in [-0.15, -0.1) is 0 Å². The predicted molar refractivity (Wildman–Crippen MR) is 91.6 cm³/mol. The van der Waals surface area contributed by atoms with Crippen LogP contribution < -0.4 is 5.32 Å². The summed E-state index contributed by atoms with van der Waals surface area (Å²) in [7, 11) is 0. The molecule has 28 heavy (non-hydrogen) atoms. The zero-order chi connectivity index (χ0) is 20.5. The summed E-state index contributed by atoms with van der Waals surface area (Å²) in [6.07, 6.45) is -2.79. The van der Waals surface area contributed by atoms with E-state index in [4.69, 9.17) is 4.74 Å². The Morgan fingerprint density at radius 3 is 2.64 bits per heavy atom. The lowest BCUT2D eigenvalue weighted by Gasteiger charge is -2.39. The molecular formula is C19H22F4N2O3. The zero-order valence-corrected chi connectivity index (χ0v) is 15.4. The number of rotatable bonds is 6. The van der Waals surface area contributed by atoms with Crippen LogP contribution in [0.4, 0.5) is 17.6 Å². The van der Waals surface area contributed by atoms with E-state index >= 15 is 0 Å². The molecule has 1 N–H and O–H groups in total. The van der Waals surface area contributed by atoms with Gasteiger partial charge < -0.3 is 15.0 Å². The minimum Gasteiger partial charge on any atom is -0.370 e. The summed E-state index contributed by atoms with van der Waals surface area (Å²) in [5.74, 6) is -1.00. The van der Waals surface area contributed by atoms with Gasteiger partial charge in [0.25, 0.3) is 0 Å². The van der Waals surface area contributed by atoms with Gasteiger partial charge in [-0.25, -0.2) is 4.39 Å². The van der Waals surface area contributed by atoms with Crippen LogP contribution in [0.25, 0.3) is 0 Å². The molecule has 0 saturated carbocycles. The summed E-state index contributed by atoms with van der Waals surface area (Å²) in [4.78, 5) is 25.1. The largest absolute Gasteiger partial charge is 0.416 e. The van der Waals surface area contributed by atoms with E-state index in [-0.39, 0.29) is 35.6 Å². The van der Waals surface area contributed by atoms with Crippen LogP contribution in [0.2, 0.25) is 0 Å². The number of hydrogen-bond acceptors (Lipinski definition) is 3. The fourth-order valence-corrected chi connectivity index (χ4v) is 3.37. The van der Waals surface area contributed by atoms with Crippen molar-refractivity contribution in [2.24, 2.45) is 0 Å². The molecule has 5 nitrogen and oxygen atoms in total. The third-order valence-electron chi connectivity index (χ3n) is 5.29. The van der Waals surface area contributed by atoms with Gasteiger partial charge in [-0.2, -0.15) is 13.2 Å². The fraction of sp³-hybridized carbons (Fsp3) is 0.579. The molecule has 1 aromatic carbocycles. The number of carbonyl (C=O) groups is 2. The maximum atomic E-state index is 13.8. The average molecular weight is 402 g/mol. The Balaban J connectivity index is 1.40. The SMILES string of the molecule is CC1(CCC(=O)N2CC(OCc3ccc(C(F)(F)F)cc3F)C2)CCC(=O)N1. The van der Waals surface area contributed by atoms with E-state index in [9.17, 15) is 27.2 Å². The highest BCUT2D eigenvalue weighted by atomic mass is 19.4. The summed E-state index contributed by atoms with van der Waals surface area (Å²) in [5, 5.41) is 2.89. The molecule has 0 spiro atoms. The van der Waals surface area contributed by atoms with Gasteiger partial charge in [-0.1, -0.05) is 6.07 Å². The number of amides is 2. The second-order valence-corrected chi connectivity index (χ2v) is 7.64. The molecule has 2 fully saturated rings. The minimum atomic E-state index is -4.59. The Kier molecular flexibility index (Phi) is 5.65. The zero-order valence-electron chi connectivity index (χ0n) is 15.4. The molecule has 2 heterocycles. The number of likely N-dealkylation sites (tertiary alicyclic amines) is 1. The lowest BCUT2D eigenvalue weighted by Crippen LogP contribution is -2.55. The van der Waals surface area contributed by atoms with E-state index in [1.165, 1.54) is 0 Å². The first-order valence-electron chi connectivity index (χ1n) is 9.12. The first kappa shape index (κ1) is 20.6. The maximum Gasteiger partial charge on any atom is 0.416 e. The molecule has 2 aliphatic rings. The van der Waals surface area contributed by atoms with Crippen molar-refractivity contribution >= 4 is 11.8 Å². The lowest BCUT2D eigenvalue weighted by molar-refractivity contribution is -0.146. The molecule has 9 heteroatoms. The van der Waals surface area contributed by atoms with Crippen LogP contribution in [0.1, 0.15) is 43.7 Å². The van der Waals surface area contributed by atoms with Crippen molar-refractivity contribution in [3.05, 3.63) is 35.1 Å². The number of hydrogen-bond donors (Lipinski definition) is 1. The second kappa shape index (κ2) is 7.69. The molecule has 0 radical (unpaired) electrons. The van der Waals surface area contributed by atoms with Crippen LogP contribution in [0.3, 0.4) is 0 Å². The third-order valence-corrected chi connectivity index (χ3v) is 5.29. The number of benzene rings is 1. The van der Waals surface area contributed by atoms with Gasteiger partial charge in [0.2, 0.25) is 11.8 Å². The van der Waals surface area contributed by atoms with Gasteiger partial charge in [0, 0.05) is 37.0 Å². The third kappa shape index (κ3) is 4.81. The molecule has 1 aromatic rings. The number of ether oxygens (including phenoxy) is 1. The minimum absolute atomic E-state index is 0.00265. The summed E-state index contributed by atoms with van der Waals surface area (Å²) < 4.78 is 56.9. The first-order chi connectivity index (χ1) is 13.1. The van der Waals surface area contributed by atoms with Crippen molar-refractivity contribution in [2.75, 3.05) is 13.1 Å². The van der Waals surface area contributed by atoms with E-state index in [0.29, 0.717) is 44.8 Å². The molecule has 154 valence electrons.